The molecule has 1 aromatic carbocycles. The molecule has 1 atom stereocenters. The van der Waals surface area contributed by atoms with Gasteiger partial charge >= 0.3 is 6.18 Å². The number of halogens is 3. The zero-order chi connectivity index (χ0) is 24.7. The summed E-state index contributed by atoms with van der Waals surface area (Å²) in [6.45, 7) is -0.326. The number of hydrogen-bond acceptors (Lipinski definition) is 5. The highest BCUT2D eigenvalue weighted by Crippen LogP contribution is 2.33. The first-order chi connectivity index (χ1) is 16.8. The molecule has 0 unspecified atom stereocenters. The highest BCUT2D eigenvalue weighted by Gasteiger charge is 2.31. The Morgan fingerprint density at radius 2 is 1.94 bits per heavy atom. The van der Waals surface area contributed by atoms with Gasteiger partial charge in [-0.25, -0.2) is 4.98 Å². The summed E-state index contributed by atoms with van der Waals surface area (Å²) in [5.74, 6) is -0.140. The van der Waals surface area contributed by atoms with Gasteiger partial charge in [0, 0.05) is 42.0 Å². The second-order valence-corrected chi connectivity index (χ2v) is 7.97. The molecule has 35 heavy (non-hydrogen) atoms. The Bertz CT molecular complexity index is 1520. The lowest BCUT2D eigenvalue weighted by Crippen LogP contribution is -2.31. The van der Waals surface area contributed by atoms with Gasteiger partial charge in [0.15, 0.2) is 5.65 Å². The Morgan fingerprint density at radius 3 is 2.60 bits per heavy atom. The van der Waals surface area contributed by atoms with Crippen LogP contribution in [0.25, 0.3) is 27.8 Å². The molecule has 8 nitrogen and oxygen atoms in total. The fraction of sp³-hybridized carbons (Fsp3) is 0.167. The molecule has 0 aliphatic carbocycles. The summed E-state index contributed by atoms with van der Waals surface area (Å²) >= 11 is 0. The van der Waals surface area contributed by atoms with Gasteiger partial charge in [0.1, 0.15) is 5.82 Å². The van der Waals surface area contributed by atoms with E-state index >= 15 is 0 Å². The average molecular weight is 480 g/mol. The molecule has 0 radical (unpaired) electrons. The van der Waals surface area contributed by atoms with Crippen LogP contribution in [0.15, 0.2) is 67.1 Å². The summed E-state index contributed by atoms with van der Waals surface area (Å²) in [7, 11) is 1.73. The molecule has 0 spiro atoms. The quantitative estimate of drug-likeness (QED) is 0.399. The average Bonchev–Trinajstić information content (AvgIpc) is 3.36. The maximum absolute atomic E-state index is 13.0. The van der Waals surface area contributed by atoms with Crippen molar-refractivity contribution in [2.75, 3.05) is 6.61 Å². The lowest BCUT2D eigenvalue weighted by atomic mass is 10.1. The molecule has 0 fully saturated rings. The first kappa shape index (κ1) is 22.5. The second kappa shape index (κ2) is 8.51. The second-order valence-electron chi connectivity index (χ2n) is 7.97. The Kier molecular flexibility index (Phi) is 5.48. The number of carbonyl (C=O) groups is 1. The predicted octanol–water partition coefficient (Wildman–Crippen LogP) is 3.79. The van der Waals surface area contributed by atoms with Gasteiger partial charge in [0.05, 0.1) is 29.4 Å². The molecule has 4 aromatic heterocycles. The molecule has 11 heteroatoms. The highest BCUT2D eigenvalue weighted by atomic mass is 19.4. The fourth-order valence-corrected chi connectivity index (χ4v) is 3.99. The van der Waals surface area contributed by atoms with E-state index < -0.39 is 23.7 Å². The minimum atomic E-state index is -4.49. The number of aromatic nitrogens is 5. The van der Waals surface area contributed by atoms with Crippen molar-refractivity contribution in [2.45, 2.75) is 12.2 Å². The number of pyridine rings is 2. The van der Waals surface area contributed by atoms with Gasteiger partial charge < -0.3 is 10.4 Å². The number of nitrogens with one attached hydrogen (secondary N) is 1. The number of rotatable bonds is 5. The molecule has 4 heterocycles. The predicted molar refractivity (Wildman–Crippen MR) is 122 cm³/mol. The lowest BCUT2D eigenvalue weighted by Gasteiger charge is -2.16. The smallest absolute Gasteiger partial charge is 0.394 e. The van der Waals surface area contributed by atoms with Crippen LogP contribution < -0.4 is 5.32 Å². The number of aliphatic hydroxyl groups excluding tert-OH is 1. The Labute approximate surface area is 196 Å². The van der Waals surface area contributed by atoms with Crippen molar-refractivity contribution in [3.05, 3.63) is 83.9 Å². The fourth-order valence-electron chi connectivity index (χ4n) is 3.99. The number of carbonyl (C=O) groups excluding carboxylic acids is 1. The summed E-state index contributed by atoms with van der Waals surface area (Å²) in [6, 6.07) is 11.8. The van der Waals surface area contributed by atoms with Crippen LogP contribution in [0.3, 0.4) is 0 Å². The molecular formula is C24H19F3N6O2. The summed E-state index contributed by atoms with van der Waals surface area (Å²) in [4.78, 5) is 21.2. The monoisotopic (exact) mass is 480 g/mol. The zero-order valence-corrected chi connectivity index (χ0v) is 18.4. The number of alkyl halides is 3. The van der Waals surface area contributed by atoms with Crippen molar-refractivity contribution in [2.24, 2.45) is 7.05 Å². The number of aryl methyl sites for hydroxylation is 1. The van der Waals surface area contributed by atoms with E-state index in [0.29, 0.717) is 33.2 Å². The number of fused-ring (bicyclic) bond motifs is 3. The van der Waals surface area contributed by atoms with Gasteiger partial charge in [-0.2, -0.15) is 18.3 Å². The number of aliphatic hydroxyl groups is 1. The first-order valence-corrected chi connectivity index (χ1v) is 10.6. The van der Waals surface area contributed by atoms with E-state index in [1.165, 1.54) is 6.07 Å². The topological polar surface area (TPSA) is 97.9 Å². The molecule has 0 bridgehead atoms. The summed E-state index contributed by atoms with van der Waals surface area (Å²) in [5.41, 5.74) is 1.15. The van der Waals surface area contributed by atoms with E-state index in [9.17, 15) is 23.1 Å². The minimum Gasteiger partial charge on any atom is -0.394 e. The molecule has 0 saturated carbocycles. The van der Waals surface area contributed by atoms with Crippen molar-refractivity contribution >= 4 is 27.8 Å². The summed E-state index contributed by atoms with van der Waals surface area (Å²) < 4.78 is 42.2. The Morgan fingerprint density at radius 1 is 1.11 bits per heavy atom. The van der Waals surface area contributed by atoms with E-state index in [1.54, 1.807) is 65.1 Å². The molecule has 0 aliphatic rings. The SMILES string of the molecule is Cn1cc2c3cc(C(=O)N[C@@H](CO)c4ccccn4)ccc3n(-c3ccc(C(F)(F)F)cn3)c2n1. The van der Waals surface area contributed by atoms with Crippen LogP contribution in [-0.2, 0) is 13.2 Å². The maximum atomic E-state index is 13.0. The number of amides is 1. The van der Waals surface area contributed by atoms with Crippen LogP contribution in [0.5, 0.6) is 0 Å². The largest absolute Gasteiger partial charge is 0.417 e. The molecule has 0 aliphatic heterocycles. The highest BCUT2D eigenvalue weighted by molar-refractivity contribution is 6.10. The van der Waals surface area contributed by atoms with Crippen molar-refractivity contribution in [1.29, 1.82) is 0 Å². The lowest BCUT2D eigenvalue weighted by molar-refractivity contribution is -0.137. The Hall–Kier alpha value is -4.25. The summed E-state index contributed by atoms with van der Waals surface area (Å²) in [6.07, 6.45) is -0.364. The van der Waals surface area contributed by atoms with Gasteiger partial charge in [-0.05, 0) is 42.5 Å². The third kappa shape index (κ3) is 4.10. The van der Waals surface area contributed by atoms with Crippen LogP contribution in [0.2, 0.25) is 0 Å². The molecule has 5 rings (SSSR count). The van der Waals surface area contributed by atoms with Crippen LogP contribution in [-0.4, -0.2) is 41.9 Å². The van der Waals surface area contributed by atoms with Gasteiger partial charge in [0.2, 0.25) is 0 Å². The van der Waals surface area contributed by atoms with Crippen LogP contribution in [0, 0.1) is 0 Å². The van der Waals surface area contributed by atoms with E-state index in [1.807, 2.05) is 0 Å². The maximum Gasteiger partial charge on any atom is 0.417 e. The Balaban J connectivity index is 1.56. The third-order valence-corrected chi connectivity index (χ3v) is 5.65. The standard InChI is InChI=1S/C24H19F3N6O2/c1-32-12-17-16-10-14(23(35)30-19(13-34)18-4-2-3-9-28-18)5-7-20(16)33(22(17)31-32)21-8-6-15(11-29-21)24(25,26)27/h2-12,19,34H,13H2,1H3,(H,30,35)/t19-/m0/s1. The van der Waals surface area contributed by atoms with Gasteiger partial charge in [-0.1, -0.05) is 6.07 Å². The first-order valence-electron chi connectivity index (χ1n) is 10.6. The van der Waals surface area contributed by atoms with Crippen LogP contribution >= 0.6 is 0 Å². The summed E-state index contributed by atoms with van der Waals surface area (Å²) in [5, 5.41) is 18.4. The van der Waals surface area contributed by atoms with Gasteiger partial charge in [0.25, 0.3) is 5.91 Å². The van der Waals surface area contributed by atoms with Crippen molar-refractivity contribution < 1.29 is 23.1 Å². The van der Waals surface area contributed by atoms with Crippen LogP contribution in [0.4, 0.5) is 13.2 Å². The van der Waals surface area contributed by atoms with Crippen molar-refractivity contribution in [3.63, 3.8) is 0 Å². The molecule has 5 aromatic rings. The molecule has 1 amide bonds. The van der Waals surface area contributed by atoms with Gasteiger partial charge in [-0.15, -0.1) is 0 Å². The normalized spacial score (nSPS) is 12.8. The number of nitrogens with zero attached hydrogens (tertiary/aromatic N) is 5. The molecule has 0 saturated heterocycles. The van der Waals surface area contributed by atoms with Crippen LogP contribution in [0.1, 0.15) is 27.7 Å². The van der Waals surface area contributed by atoms with E-state index in [4.69, 9.17) is 0 Å². The molecule has 178 valence electrons. The molecule has 2 N–H and O–H groups in total. The van der Waals surface area contributed by atoms with Crippen molar-refractivity contribution in [3.8, 4) is 5.82 Å². The van der Waals surface area contributed by atoms with E-state index in [0.717, 1.165) is 12.3 Å². The van der Waals surface area contributed by atoms with E-state index in [-0.39, 0.29) is 12.4 Å². The number of benzene rings is 1. The molecular weight excluding hydrogens is 461 g/mol. The van der Waals surface area contributed by atoms with Crippen molar-refractivity contribution in [1.82, 2.24) is 29.6 Å². The van der Waals surface area contributed by atoms with E-state index in [2.05, 4.69) is 20.4 Å². The zero-order valence-electron chi connectivity index (χ0n) is 18.4. The van der Waals surface area contributed by atoms with Gasteiger partial charge in [-0.3, -0.25) is 19.0 Å². The third-order valence-electron chi connectivity index (χ3n) is 5.65. The minimum absolute atomic E-state index is 0.268. The number of hydrogen-bond donors (Lipinski definition) is 2.